The van der Waals surface area contributed by atoms with Gasteiger partial charge in [-0.3, -0.25) is 0 Å². The minimum absolute atomic E-state index is 0.0747. The lowest BCUT2D eigenvalue weighted by atomic mass is 9.93. The molecule has 1 unspecified atom stereocenters. The summed E-state index contributed by atoms with van der Waals surface area (Å²) in [5.41, 5.74) is 6.59. The second kappa shape index (κ2) is 7.02. The molecule has 0 radical (unpaired) electrons. The summed E-state index contributed by atoms with van der Waals surface area (Å²) < 4.78 is 53.7. The topological polar surface area (TPSA) is 48.1 Å². The molecule has 0 aromatic carbocycles. The van der Waals surface area contributed by atoms with Crippen molar-refractivity contribution in [2.45, 2.75) is 51.0 Å². The normalized spacial score (nSPS) is 14.7. The SMILES string of the molecule is CC(C)(C)c1csc(CC(N)COCC(F)(F)C(F)F)n1. The van der Waals surface area contributed by atoms with Gasteiger partial charge in [-0.05, 0) is 0 Å². The number of halogens is 4. The molecule has 1 aromatic rings. The Morgan fingerprint density at radius 1 is 1.33 bits per heavy atom. The van der Waals surface area contributed by atoms with E-state index in [0.29, 0.717) is 6.42 Å². The van der Waals surface area contributed by atoms with Crippen LogP contribution >= 0.6 is 11.3 Å². The van der Waals surface area contributed by atoms with Crippen LogP contribution in [0.15, 0.2) is 5.38 Å². The molecule has 0 amide bonds. The number of thiazole rings is 1. The van der Waals surface area contributed by atoms with Gasteiger partial charge < -0.3 is 10.5 Å². The number of rotatable bonds is 7. The highest BCUT2D eigenvalue weighted by Crippen LogP contribution is 2.25. The molecular formula is C13H20F4N2OS. The summed E-state index contributed by atoms with van der Waals surface area (Å²) in [6.45, 7) is 4.54. The van der Waals surface area contributed by atoms with E-state index in [0.717, 1.165) is 10.7 Å². The Balaban J connectivity index is 2.41. The zero-order valence-corrected chi connectivity index (χ0v) is 13.0. The van der Waals surface area contributed by atoms with Gasteiger partial charge in [0.05, 0.1) is 17.3 Å². The quantitative estimate of drug-likeness (QED) is 0.782. The van der Waals surface area contributed by atoms with Crippen LogP contribution in [0.25, 0.3) is 0 Å². The van der Waals surface area contributed by atoms with Crippen LogP contribution in [0, 0.1) is 0 Å². The summed E-state index contributed by atoms with van der Waals surface area (Å²) >= 11 is 1.43. The third kappa shape index (κ3) is 5.88. The molecule has 1 atom stereocenters. The Hall–Kier alpha value is -0.730. The Morgan fingerprint density at radius 3 is 2.43 bits per heavy atom. The van der Waals surface area contributed by atoms with E-state index >= 15 is 0 Å². The number of nitrogens with two attached hydrogens (primary N) is 1. The van der Waals surface area contributed by atoms with Crippen LogP contribution in [-0.2, 0) is 16.6 Å². The maximum Gasteiger partial charge on any atom is 0.330 e. The molecule has 0 spiro atoms. The zero-order valence-electron chi connectivity index (χ0n) is 12.2. The summed E-state index contributed by atoms with van der Waals surface area (Å²) in [6, 6.07) is -0.558. The first-order valence-electron chi connectivity index (χ1n) is 6.46. The van der Waals surface area contributed by atoms with Gasteiger partial charge in [0, 0.05) is 23.3 Å². The van der Waals surface area contributed by atoms with Crippen molar-refractivity contribution in [1.29, 1.82) is 0 Å². The molecule has 3 nitrogen and oxygen atoms in total. The molecule has 21 heavy (non-hydrogen) atoms. The van der Waals surface area contributed by atoms with E-state index in [1.165, 1.54) is 11.3 Å². The van der Waals surface area contributed by atoms with Crippen LogP contribution in [-0.4, -0.2) is 36.6 Å². The van der Waals surface area contributed by atoms with Crippen molar-refractivity contribution in [3.8, 4) is 0 Å². The van der Waals surface area contributed by atoms with E-state index in [4.69, 9.17) is 5.73 Å². The molecule has 1 heterocycles. The fraction of sp³-hybridized carbons (Fsp3) is 0.769. The van der Waals surface area contributed by atoms with Gasteiger partial charge in [0.15, 0.2) is 0 Å². The van der Waals surface area contributed by atoms with E-state index in [2.05, 4.69) is 9.72 Å². The number of hydrogen-bond acceptors (Lipinski definition) is 4. The molecule has 1 aromatic heterocycles. The average molecular weight is 328 g/mol. The van der Waals surface area contributed by atoms with Gasteiger partial charge >= 0.3 is 12.3 Å². The highest BCUT2D eigenvalue weighted by Gasteiger charge is 2.41. The fourth-order valence-electron chi connectivity index (χ4n) is 1.44. The molecule has 0 saturated carbocycles. The molecule has 0 aliphatic rings. The number of alkyl halides is 4. The minimum atomic E-state index is -4.14. The zero-order chi connectivity index (χ0) is 16.3. The van der Waals surface area contributed by atoms with E-state index in [1.54, 1.807) is 0 Å². The maximum absolute atomic E-state index is 12.6. The van der Waals surface area contributed by atoms with Gasteiger partial charge in [0.25, 0.3) is 0 Å². The van der Waals surface area contributed by atoms with E-state index in [9.17, 15) is 17.6 Å². The van der Waals surface area contributed by atoms with Crippen molar-refractivity contribution in [1.82, 2.24) is 4.98 Å². The highest BCUT2D eigenvalue weighted by atomic mass is 32.1. The number of nitrogens with zero attached hydrogens (tertiary/aromatic N) is 1. The van der Waals surface area contributed by atoms with Gasteiger partial charge in [0.1, 0.15) is 6.61 Å². The number of ether oxygens (including phenoxy) is 1. The Kier molecular flexibility index (Phi) is 6.12. The summed E-state index contributed by atoms with van der Waals surface area (Å²) in [7, 11) is 0. The summed E-state index contributed by atoms with van der Waals surface area (Å²) in [5, 5.41) is 2.70. The van der Waals surface area contributed by atoms with E-state index in [1.807, 2.05) is 26.2 Å². The van der Waals surface area contributed by atoms with Crippen molar-refractivity contribution < 1.29 is 22.3 Å². The number of hydrogen-bond donors (Lipinski definition) is 1. The lowest BCUT2D eigenvalue weighted by Gasteiger charge is -2.17. The average Bonchev–Trinajstić information content (AvgIpc) is 2.76. The largest absolute Gasteiger partial charge is 0.373 e. The first-order valence-corrected chi connectivity index (χ1v) is 7.34. The van der Waals surface area contributed by atoms with Gasteiger partial charge in [-0.15, -0.1) is 11.3 Å². The molecule has 122 valence electrons. The van der Waals surface area contributed by atoms with Gasteiger partial charge in [-0.1, -0.05) is 20.8 Å². The van der Waals surface area contributed by atoms with Crippen LogP contribution in [0.4, 0.5) is 17.6 Å². The predicted molar refractivity (Wildman–Crippen MR) is 74.3 cm³/mol. The molecule has 8 heteroatoms. The Morgan fingerprint density at radius 2 is 1.95 bits per heavy atom. The highest BCUT2D eigenvalue weighted by molar-refractivity contribution is 7.09. The predicted octanol–water partition coefficient (Wildman–Crippen LogP) is 3.23. The first kappa shape index (κ1) is 18.3. The second-order valence-corrected chi connectivity index (χ2v) is 6.86. The standard InChI is InChI=1S/C13H20F4N2OS/c1-12(2,3)9-6-21-10(19-9)4-8(18)5-20-7-13(16,17)11(14)15/h6,8,11H,4-5,7,18H2,1-3H3. The van der Waals surface area contributed by atoms with Crippen LogP contribution in [0.2, 0.25) is 0 Å². The van der Waals surface area contributed by atoms with Crippen molar-refractivity contribution in [3.05, 3.63) is 16.1 Å². The molecule has 1 rings (SSSR count). The van der Waals surface area contributed by atoms with E-state index in [-0.39, 0.29) is 12.0 Å². The summed E-state index contributed by atoms with van der Waals surface area (Å²) in [4.78, 5) is 4.42. The molecule has 0 aliphatic heterocycles. The molecule has 0 fully saturated rings. The van der Waals surface area contributed by atoms with Crippen molar-refractivity contribution in [2.75, 3.05) is 13.2 Å². The third-order valence-corrected chi connectivity index (χ3v) is 3.57. The fourth-order valence-corrected chi connectivity index (χ4v) is 2.56. The molecule has 0 aliphatic carbocycles. The van der Waals surface area contributed by atoms with Crippen molar-refractivity contribution in [3.63, 3.8) is 0 Å². The van der Waals surface area contributed by atoms with Gasteiger partial charge in [-0.25, -0.2) is 13.8 Å². The smallest absolute Gasteiger partial charge is 0.330 e. The lowest BCUT2D eigenvalue weighted by Crippen LogP contribution is -2.36. The molecule has 2 N–H and O–H groups in total. The summed E-state index contributed by atoms with van der Waals surface area (Å²) in [5.74, 6) is -4.14. The summed E-state index contributed by atoms with van der Waals surface area (Å²) in [6.07, 6.45) is -3.37. The molecule has 0 bridgehead atoms. The van der Waals surface area contributed by atoms with Gasteiger partial charge in [0.2, 0.25) is 0 Å². The van der Waals surface area contributed by atoms with Crippen molar-refractivity contribution >= 4 is 11.3 Å². The van der Waals surface area contributed by atoms with Crippen LogP contribution in [0.5, 0.6) is 0 Å². The van der Waals surface area contributed by atoms with E-state index < -0.39 is 25.0 Å². The first-order chi connectivity index (χ1) is 9.52. The minimum Gasteiger partial charge on any atom is -0.373 e. The second-order valence-electron chi connectivity index (χ2n) is 5.92. The Bertz CT molecular complexity index is 446. The molecule has 0 saturated heterocycles. The van der Waals surface area contributed by atoms with Crippen LogP contribution in [0.3, 0.4) is 0 Å². The Labute approximate surface area is 125 Å². The lowest BCUT2D eigenvalue weighted by molar-refractivity contribution is -0.166. The monoisotopic (exact) mass is 328 g/mol. The third-order valence-electron chi connectivity index (χ3n) is 2.70. The molecular weight excluding hydrogens is 308 g/mol. The maximum atomic E-state index is 12.6. The van der Waals surface area contributed by atoms with Crippen LogP contribution in [0.1, 0.15) is 31.5 Å². The van der Waals surface area contributed by atoms with Crippen LogP contribution < -0.4 is 5.73 Å². The number of aromatic nitrogens is 1. The van der Waals surface area contributed by atoms with Gasteiger partial charge in [-0.2, -0.15) is 8.78 Å². The van der Waals surface area contributed by atoms with Crippen molar-refractivity contribution in [2.24, 2.45) is 5.73 Å².